The van der Waals surface area contributed by atoms with E-state index in [-0.39, 0.29) is 23.9 Å². The molecule has 14 nitrogen and oxygen atoms in total. The van der Waals surface area contributed by atoms with Crippen molar-refractivity contribution in [3.05, 3.63) is 30.3 Å². The number of nitrogen functional groups attached to an aromatic ring is 1. The van der Waals surface area contributed by atoms with Crippen LogP contribution in [0.15, 0.2) is 40.1 Å². The molecule has 0 unspecified atom stereocenters. The van der Waals surface area contributed by atoms with Gasteiger partial charge in [-0.3, -0.25) is 0 Å². The number of fused-ring (bicyclic) bond motifs is 1. The highest BCUT2D eigenvalue weighted by Crippen LogP contribution is 2.41. The Morgan fingerprint density at radius 3 is 2.53 bits per heavy atom. The summed E-state index contributed by atoms with van der Waals surface area (Å²) < 4.78 is 55.1. The van der Waals surface area contributed by atoms with E-state index in [0.29, 0.717) is 22.2 Å². The topological polar surface area (TPSA) is 242 Å². The molecule has 2 heterocycles. The number of rotatable bonds is 8. The van der Waals surface area contributed by atoms with Crippen molar-refractivity contribution >= 4 is 36.8 Å². The smallest absolute Gasteiger partial charge is 0.242 e. The minimum atomic E-state index is -4.37. The number of para-hydroxylation sites is 1. The Morgan fingerprint density at radius 1 is 1.12 bits per heavy atom. The molecule has 2 aromatic heterocycles. The van der Waals surface area contributed by atoms with E-state index in [0.717, 1.165) is 0 Å². The highest BCUT2D eigenvalue weighted by Gasteiger charge is 2.34. The lowest BCUT2D eigenvalue weighted by Gasteiger charge is -2.18. The molecule has 0 aliphatic carbocycles. The number of aromatic amines is 2. The zero-order chi connectivity index (χ0) is 24.7. The van der Waals surface area contributed by atoms with Gasteiger partial charge in [0.05, 0.1) is 27.2 Å². The van der Waals surface area contributed by atoms with Crippen LogP contribution in [0.25, 0.3) is 33.5 Å². The van der Waals surface area contributed by atoms with Gasteiger partial charge in [-0.25, -0.2) is 26.5 Å². The number of H-pyrrole nitrogens is 2. The first-order chi connectivity index (χ1) is 16.1. The predicted octanol–water partition coefficient (Wildman–Crippen LogP) is -1.04. The molecule has 34 heavy (non-hydrogen) atoms. The van der Waals surface area contributed by atoms with Gasteiger partial charge in [0.25, 0.3) is 0 Å². The lowest BCUT2D eigenvalue weighted by Crippen LogP contribution is -2.37. The summed E-state index contributed by atoms with van der Waals surface area (Å²) in [5.41, 5.74) is 18.8. The molecule has 0 saturated heterocycles. The lowest BCUT2D eigenvalue weighted by molar-refractivity contribution is 0.574. The number of aromatic nitrogens is 6. The van der Waals surface area contributed by atoms with Crippen LogP contribution in [0.3, 0.4) is 0 Å². The monoisotopic (exact) mass is 506 g/mol. The Bertz CT molecular complexity index is 1560. The molecule has 4 aromatic rings. The molecule has 16 heteroatoms. The van der Waals surface area contributed by atoms with Gasteiger partial charge in [-0.05, 0) is 30.0 Å². The number of benzene rings is 2. The van der Waals surface area contributed by atoms with Gasteiger partial charge in [0, 0.05) is 18.2 Å². The van der Waals surface area contributed by atoms with E-state index in [2.05, 4.69) is 35.3 Å². The number of tetrazole rings is 1. The molecule has 0 spiro atoms. The molecule has 0 aliphatic rings. The van der Waals surface area contributed by atoms with Gasteiger partial charge < -0.3 is 22.2 Å². The SMILES string of the molecule is CNS(=O)(=O)c1c(S(=O)(=O)C[C@@H](N)CN)ccc(-c2cccc3[nH]c(N)nc23)c1-c1nn[nH]n1. The molecule has 9 N–H and O–H groups in total. The zero-order valence-corrected chi connectivity index (χ0v) is 19.5. The predicted molar refractivity (Wildman–Crippen MR) is 124 cm³/mol. The van der Waals surface area contributed by atoms with E-state index in [1.54, 1.807) is 18.2 Å². The second-order valence-electron chi connectivity index (χ2n) is 7.36. The number of anilines is 1. The van der Waals surface area contributed by atoms with Crippen molar-refractivity contribution in [2.75, 3.05) is 25.1 Å². The van der Waals surface area contributed by atoms with E-state index in [1.807, 2.05) is 0 Å². The second-order valence-corrected chi connectivity index (χ2v) is 11.2. The maximum absolute atomic E-state index is 13.2. The van der Waals surface area contributed by atoms with E-state index < -0.39 is 41.4 Å². The number of nitrogens with one attached hydrogen (secondary N) is 3. The second kappa shape index (κ2) is 8.73. The third-order valence-corrected chi connectivity index (χ3v) is 8.63. The Labute approximate surface area is 194 Å². The normalized spacial score (nSPS) is 13.4. The number of hydrogen-bond donors (Lipinski definition) is 6. The molecule has 2 aromatic carbocycles. The van der Waals surface area contributed by atoms with Crippen LogP contribution < -0.4 is 21.9 Å². The van der Waals surface area contributed by atoms with Gasteiger partial charge in [0.15, 0.2) is 15.8 Å². The molecule has 0 fully saturated rings. The number of sulfonamides is 1. The van der Waals surface area contributed by atoms with Gasteiger partial charge >= 0.3 is 0 Å². The molecule has 0 aliphatic heterocycles. The maximum Gasteiger partial charge on any atom is 0.242 e. The molecule has 4 rings (SSSR count). The number of imidazole rings is 1. The largest absolute Gasteiger partial charge is 0.369 e. The average Bonchev–Trinajstić information content (AvgIpc) is 3.46. The van der Waals surface area contributed by atoms with Crippen LogP contribution in [0.4, 0.5) is 5.95 Å². The summed E-state index contributed by atoms with van der Waals surface area (Å²) in [5.74, 6) is -0.544. The fourth-order valence-corrected chi connectivity index (χ4v) is 6.86. The van der Waals surface area contributed by atoms with Gasteiger partial charge in [0.2, 0.25) is 15.8 Å². The minimum absolute atomic E-state index is 0.0837. The first kappa shape index (κ1) is 23.7. The van der Waals surface area contributed by atoms with Crippen molar-refractivity contribution < 1.29 is 16.8 Å². The molecule has 0 bridgehead atoms. The first-order valence-corrected chi connectivity index (χ1v) is 13.0. The van der Waals surface area contributed by atoms with Gasteiger partial charge in [-0.1, -0.05) is 18.2 Å². The highest BCUT2D eigenvalue weighted by molar-refractivity contribution is 7.93. The van der Waals surface area contributed by atoms with Crippen LogP contribution in [-0.4, -0.2) is 72.8 Å². The Morgan fingerprint density at radius 2 is 1.88 bits per heavy atom. The number of sulfone groups is 1. The Balaban J connectivity index is 2.14. The number of nitrogens with zero attached hydrogens (tertiary/aromatic N) is 4. The lowest BCUT2D eigenvalue weighted by atomic mass is 9.98. The fourth-order valence-electron chi connectivity index (χ4n) is 3.60. The third-order valence-electron chi connectivity index (χ3n) is 5.12. The van der Waals surface area contributed by atoms with E-state index >= 15 is 0 Å². The van der Waals surface area contributed by atoms with E-state index in [1.165, 1.54) is 19.2 Å². The summed E-state index contributed by atoms with van der Waals surface area (Å²) in [6, 6.07) is 6.91. The van der Waals surface area contributed by atoms with E-state index in [9.17, 15) is 16.8 Å². The molecule has 1 atom stereocenters. The van der Waals surface area contributed by atoms with Gasteiger partial charge in [-0.15, -0.1) is 10.2 Å². The Hall–Kier alpha value is -3.44. The average molecular weight is 507 g/mol. The van der Waals surface area contributed by atoms with Crippen molar-refractivity contribution in [1.29, 1.82) is 0 Å². The summed E-state index contributed by atoms with van der Waals surface area (Å²) in [6.07, 6.45) is 0. The third kappa shape index (κ3) is 4.12. The molecule has 0 amide bonds. The van der Waals surface area contributed by atoms with Crippen molar-refractivity contribution in [2.45, 2.75) is 15.8 Å². The molecule has 180 valence electrons. The van der Waals surface area contributed by atoms with Crippen LogP contribution in [0.1, 0.15) is 0 Å². The maximum atomic E-state index is 13.2. The van der Waals surface area contributed by atoms with Crippen molar-refractivity contribution in [1.82, 2.24) is 35.3 Å². The minimum Gasteiger partial charge on any atom is -0.369 e. The number of hydrogen-bond acceptors (Lipinski definition) is 11. The highest BCUT2D eigenvalue weighted by atomic mass is 32.2. The summed E-state index contributed by atoms with van der Waals surface area (Å²) in [7, 11) is -7.40. The summed E-state index contributed by atoms with van der Waals surface area (Å²) >= 11 is 0. The Kier molecular flexibility index (Phi) is 6.09. The molecule has 0 saturated carbocycles. The van der Waals surface area contributed by atoms with Crippen LogP contribution in [-0.2, 0) is 19.9 Å². The van der Waals surface area contributed by atoms with Crippen LogP contribution in [0, 0.1) is 0 Å². The molecular formula is C18H22N10O4S2. The van der Waals surface area contributed by atoms with Crippen molar-refractivity contribution in [2.24, 2.45) is 11.5 Å². The molecule has 0 radical (unpaired) electrons. The van der Waals surface area contributed by atoms with Crippen molar-refractivity contribution in [3.63, 3.8) is 0 Å². The molecular weight excluding hydrogens is 484 g/mol. The van der Waals surface area contributed by atoms with Crippen LogP contribution in [0.5, 0.6) is 0 Å². The zero-order valence-electron chi connectivity index (χ0n) is 17.8. The van der Waals surface area contributed by atoms with Gasteiger partial charge in [-0.2, -0.15) is 5.21 Å². The van der Waals surface area contributed by atoms with Crippen molar-refractivity contribution in [3.8, 4) is 22.5 Å². The van der Waals surface area contributed by atoms with Gasteiger partial charge in [0.1, 0.15) is 4.90 Å². The quantitative estimate of drug-likeness (QED) is 0.168. The number of nitrogens with two attached hydrogens (primary N) is 3. The van der Waals surface area contributed by atoms with Crippen LogP contribution in [0.2, 0.25) is 0 Å². The van der Waals surface area contributed by atoms with E-state index in [4.69, 9.17) is 17.2 Å². The van der Waals surface area contributed by atoms with Crippen LogP contribution >= 0.6 is 0 Å². The first-order valence-electron chi connectivity index (χ1n) is 9.86. The summed E-state index contributed by atoms with van der Waals surface area (Å²) in [6.45, 7) is -0.105. The summed E-state index contributed by atoms with van der Waals surface area (Å²) in [4.78, 5) is 6.18. The standard InChI is InChI=1S/C18H22N10O4S2/c1-22-34(31,32)16-13(33(29,30)8-9(20)7-19)6-5-10(14(16)17-25-27-28-26-17)11-3-2-4-12-15(11)24-18(21)23-12/h2-6,9,22H,7-8,19-20H2,1H3,(H3,21,23,24)(H,25,26,27,28)/t9-/m0/s1. The fraction of sp³-hybridized carbons (Fsp3) is 0.222. The summed E-state index contributed by atoms with van der Waals surface area (Å²) in [5, 5.41) is 13.7.